The second-order valence-electron chi connectivity index (χ2n) is 7.58. The maximum atomic E-state index is 12.6. The number of halogens is 1. The zero-order chi connectivity index (χ0) is 22.8. The number of benzene rings is 2. The maximum Gasteiger partial charge on any atom is 0.312 e. The number of ether oxygens (including phenoxy) is 2. The predicted octanol–water partition coefficient (Wildman–Crippen LogP) is 4.71. The van der Waals surface area contributed by atoms with Gasteiger partial charge in [0.15, 0.2) is 0 Å². The molecule has 4 rings (SSSR count). The van der Waals surface area contributed by atoms with Crippen LogP contribution in [0.5, 0.6) is 5.75 Å². The average molecular weight is 453 g/mol. The lowest BCUT2D eigenvalue weighted by molar-refractivity contribution is -0.144. The number of aromatic nitrogens is 4. The smallest absolute Gasteiger partial charge is 0.312 e. The van der Waals surface area contributed by atoms with Crippen molar-refractivity contribution in [2.24, 2.45) is 7.05 Å². The van der Waals surface area contributed by atoms with Gasteiger partial charge in [-0.3, -0.25) is 9.48 Å². The molecule has 4 aromatic rings. The SMILES string of the molecule is CCn1cnc2cc(COC(=O)Cc3c(C)c(-c4ccc(Cl)cc4OC)nn3C)ccc21. The van der Waals surface area contributed by atoms with Crippen molar-refractivity contribution in [2.75, 3.05) is 7.11 Å². The minimum Gasteiger partial charge on any atom is -0.496 e. The normalized spacial score (nSPS) is 11.2. The molecule has 0 spiro atoms. The summed E-state index contributed by atoms with van der Waals surface area (Å²) >= 11 is 6.08. The van der Waals surface area contributed by atoms with Crippen LogP contribution in [0.3, 0.4) is 0 Å². The summed E-state index contributed by atoms with van der Waals surface area (Å²) in [6.07, 6.45) is 1.94. The van der Waals surface area contributed by atoms with Crippen molar-refractivity contribution in [2.45, 2.75) is 33.4 Å². The van der Waals surface area contributed by atoms with Gasteiger partial charge in [-0.2, -0.15) is 5.10 Å². The van der Waals surface area contributed by atoms with Gasteiger partial charge in [0.25, 0.3) is 0 Å². The number of carbonyl (C=O) groups is 1. The summed E-state index contributed by atoms with van der Waals surface area (Å²) in [6.45, 7) is 5.07. The second kappa shape index (κ2) is 9.04. The van der Waals surface area contributed by atoms with Crippen molar-refractivity contribution in [1.82, 2.24) is 19.3 Å². The summed E-state index contributed by atoms with van der Waals surface area (Å²) in [5.41, 5.74) is 6.13. The van der Waals surface area contributed by atoms with E-state index in [0.717, 1.165) is 45.7 Å². The molecule has 0 saturated heterocycles. The quantitative estimate of drug-likeness (QED) is 0.380. The molecule has 0 aliphatic carbocycles. The highest BCUT2D eigenvalue weighted by Gasteiger charge is 2.20. The number of fused-ring (bicyclic) bond motifs is 1. The van der Waals surface area contributed by atoms with Gasteiger partial charge in [0.2, 0.25) is 0 Å². The van der Waals surface area contributed by atoms with Crippen molar-refractivity contribution >= 4 is 28.6 Å². The van der Waals surface area contributed by atoms with E-state index in [9.17, 15) is 4.79 Å². The van der Waals surface area contributed by atoms with Gasteiger partial charge in [0.05, 0.1) is 42.3 Å². The van der Waals surface area contributed by atoms with E-state index in [1.54, 1.807) is 23.9 Å². The van der Waals surface area contributed by atoms with Gasteiger partial charge in [0.1, 0.15) is 12.4 Å². The Morgan fingerprint density at radius 2 is 2.00 bits per heavy atom. The molecule has 0 N–H and O–H groups in total. The highest BCUT2D eigenvalue weighted by Crippen LogP contribution is 2.34. The molecule has 0 atom stereocenters. The maximum absolute atomic E-state index is 12.6. The third-order valence-corrected chi connectivity index (χ3v) is 5.82. The number of imidazole rings is 1. The largest absolute Gasteiger partial charge is 0.496 e. The van der Waals surface area contributed by atoms with E-state index >= 15 is 0 Å². The molecular formula is C24H25ClN4O3. The highest BCUT2D eigenvalue weighted by molar-refractivity contribution is 6.30. The Hall–Kier alpha value is -3.32. The number of nitrogens with zero attached hydrogens (tertiary/aromatic N) is 4. The Morgan fingerprint density at radius 3 is 2.75 bits per heavy atom. The number of esters is 1. The number of rotatable bonds is 7. The molecule has 0 bridgehead atoms. The molecule has 0 saturated carbocycles. The van der Waals surface area contributed by atoms with Crippen molar-refractivity contribution in [1.29, 1.82) is 0 Å². The average Bonchev–Trinajstić information content (AvgIpc) is 3.32. The van der Waals surface area contributed by atoms with Crippen molar-refractivity contribution in [3.8, 4) is 17.0 Å². The molecule has 0 unspecified atom stereocenters. The molecule has 0 radical (unpaired) electrons. The van der Waals surface area contributed by atoms with Gasteiger partial charge < -0.3 is 14.0 Å². The van der Waals surface area contributed by atoms with E-state index in [1.165, 1.54) is 0 Å². The Bertz CT molecular complexity index is 1290. The van der Waals surface area contributed by atoms with Gasteiger partial charge in [-0.25, -0.2) is 4.98 Å². The zero-order valence-corrected chi connectivity index (χ0v) is 19.3. The van der Waals surface area contributed by atoms with E-state index in [0.29, 0.717) is 10.8 Å². The molecule has 0 fully saturated rings. The third-order valence-electron chi connectivity index (χ3n) is 5.59. The Kier molecular flexibility index (Phi) is 6.19. The minimum atomic E-state index is -0.315. The minimum absolute atomic E-state index is 0.123. The van der Waals surface area contributed by atoms with E-state index in [4.69, 9.17) is 21.1 Å². The molecule has 0 aliphatic rings. The summed E-state index contributed by atoms with van der Waals surface area (Å²) in [6, 6.07) is 11.3. The first kappa shape index (κ1) is 21.9. The van der Waals surface area contributed by atoms with Crippen molar-refractivity contribution < 1.29 is 14.3 Å². The molecule has 166 valence electrons. The fraction of sp³-hybridized carbons (Fsp3) is 0.292. The van der Waals surface area contributed by atoms with Crippen LogP contribution in [0, 0.1) is 6.92 Å². The Morgan fingerprint density at radius 1 is 1.19 bits per heavy atom. The first-order chi connectivity index (χ1) is 15.4. The summed E-state index contributed by atoms with van der Waals surface area (Å²) in [4.78, 5) is 17.0. The fourth-order valence-corrected chi connectivity index (χ4v) is 3.99. The number of methoxy groups -OCH3 is 1. The lowest BCUT2D eigenvalue weighted by atomic mass is 10.0. The van der Waals surface area contributed by atoms with Crippen LogP contribution in [-0.4, -0.2) is 32.4 Å². The molecule has 2 aromatic heterocycles. The van der Waals surface area contributed by atoms with Crippen LogP contribution >= 0.6 is 11.6 Å². The summed E-state index contributed by atoms with van der Waals surface area (Å²) < 4.78 is 14.8. The van der Waals surface area contributed by atoms with Crippen LogP contribution in [0.1, 0.15) is 23.7 Å². The van der Waals surface area contributed by atoms with Crippen molar-refractivity contribution in [3.63, 3.8) is 0 Å². The standard InChI is InChI=1S/C24H25ClN4O3/c1-5-29-14-26-19-10-16(6-9-20(19)29)13-32-23(30)12-21-15(2)24(27-28(21)3)18-8-7-17(25)11-22(18)31-4/h6-11,14H,5,12-13H2,1-4H3. The molecule has 7 nitrogen and oxygen atoms in total. The van der Waals surface area contributed by atoms with E-state index in [-0.39, 0.29) is 19.0 Å². The van der Waals surface area contributed by atoms with Gasteiger partial charge >= 0.3 is 5.97 Å². The molecule has 2 heterocycles. The molecule has 0 aliphatic heterocycles. The van der Waals surface area contributed by atoms with E-state index in [2.05, 4.69) is 21.6 Å². The molecule has 8 heteroatoms. The number of aryl methyl sites for hydroxylation is 2. The summed E-state index contributed by atoms with van der Waals surface area (Å²) in [5.74, 6) is 0.318. The van der Waals surface area contributed by atoms with Gasteiger partial charge in [-0.1, -0.05) is 17.7 Å². The summed E-state index contributed by atoms with van der Waals surface area (Å²) in [5, 5.41) is 5.20. The Balaban J connectivity index is 1.48. The molecule has 32 heavy (non-hydrogen) atoms. The topological polar surface area (TPSA) is 71.2 Å². The lowest BCUT2D eigenvalue weighted by Gasteiger charge is -2.08. The molecular weight excluding hydrogens is 428 g/mol. The van der Waals surface area contributed by atoms with Crippen LogP contribution in [0.25, 0.3) is 22.3 Å². The van der Waals surface area contributed by atoms with Gasteiger partial charge in [0, 0.05) is 24.2 Å². The number of hydrogen-bond donors (Lipinski definition) is 0. The van der Waals surface area contributed by atoms with Gasteiger partial charge in [-0.05, 0) is 55.3 Å². The van der Waals surface area contributed by atoms with Crippen LogP contribution in [0.4, 0.5) is 0 Å². The molecule has 2 aromatic carbocycles. The first-order valence-corrected chi connectivity index (χ1v) is 10.7. The Labute approximate surface area is 191 Å². The van der Waals surface area contributed by atoms with Crippen LogP contribution < -0.4 is 4.74 Å². The monoisotopic (exact) mass is 452 g/mol. The lowest BCUT2D eigenvalue weighted by Crippen LogP contribution is -2.12. The van der Waals surface area contributed by atoms with Crippen molar-refractivity contribution in [3.05, 3.63) is 64.6 Å². The number of hydrogen-bond acceptors (Lipinski definition) is 5. The van der Waals surface area contributed by atoms with Crippen LogP contribution in [0.2, 0.25) is 5.02 Å². The highest BCUT2D eigenvalue weighted by atomic mass is 35.5. The van der Waals surface area contributed by atoms with E-state index < -0.39 is 0 Å². The fourth-order valence-electron chi connectivity index (χ4n) is 3.83. The predicted molar refractivity (Wildman–Crippen MR) is 124 cm³/mol. The number of carbonyl (C=O) groups excluding carboxylic acids is 1. The zero-order valence-electron chi connectivity index (χ0n) is 18.6. The first-order valence-electron chi connectivity index (χ1n) is 10.4. The van der Waals surface area contributed by atoms with Gasteiger partial charge in [-0.15, -0.1) is 0 Å². The molecule has 0 amide bonds. The second-order valence-corrected chi connectivity index (χ2v) is 8.02. The summed E-state index contributed by atoms with van der Waals surface area (Å²) in [7, 11) is 3.41. The van der Waals surface area contributed by atoms with Crippen LogP contribution in [-0.2, 0) is 36.2 Å². The van der Waals surface area contributed by atoms with E-state index in [1.807, 2.05) is 44.6 Å². The van der Waals surface area contributed by atoms with Crippen LogP contribution in [0.15, 0.2) is 42.7 Å². The third kappa shape index (κ3) is 4.21.